The van der Waals surface area contributed by atoms with Crippen LogP contribution in [0.15, 0.2) is 48.5 Å². The minimum absolute atomic E-state index is 0.0108. The molecule has 2 aromatic rings. The molecule has 2 amide bonds. The first kappa shape index (κ1) is 28.6. The molecule has 0 heterocycles. The van der Waals surface area contributed by atoms with Crippen LogP contribution in [0.5, 0.6) is 0 Å². The van der Waals surface area contributed by atoms with Crippen LogP contribution in [0.4, 0.5) is 4.79 Å². The topological polar surface area (TPSA) is 160 Å². The number of rotatable bonds is 16. The quantitative estimate of drug-likeness (QED) is 0.240. The van der Waals surface area contributed by atoms with E-state index in [0.717, 1.165) is 22.3 Å². The molecule has 0 spiro atoms. The van der Waals surface area contributed by atoms with Gasteiger partial charge in [0.05, 0.1) is 26.4 Å². The molecule has 0 aliphatic heterocycles. The molecule has 11 nitrogen and oxygen atoms in total. The number of aliphatic carboxylic acids is 2. The zero-order valence-corrected chi connectivity index (χ0v) is 20.9. The van der Waals surface area contributed by atoms with E-state index in [-0.39, 0.29) is 64.8 Å². The van der Waals surface area contributed by atoms with Gasteiger partial charge in [-0.05, 0) is 28.7 Å². The standard InChI is InChI=1S/C27H32N2O9/c30-24(29-23(26(33)34)9-10-25(31)32)11-13-36-15-16-37-14-12-28-27(35)38-17-22-20-7-3-1-5-18(20)19-6-2-4-8-21(19)22/h1-8,22-23H,9-17H2,(H,28,35)(H,29,30)(H,31,32)(H,33,34)/t23-/m0/s1. The highest BCUT2D eigenvalue weighted by Crippen LogP contribution is 2.44. The molecule has 4 N–H and O–H groups in total. The fourth-order valence-electron chi connectivity index (χ4n) is 4.15. The first-order valence-corrected chi connectivity index (χ1v) is 12.3. The summed E-state index contributed by atoms with van der Waals surface area (Å²) in [5, 5.41) is 22.6. The zero-order chi connectivity index (χ0) is 27.3. The monoisotopic (exact) mass is 528 g/mol. The van der Waals surface area contributed by atoms with Crippen molar-refractivity contribution in [3.8, 4) is 11.1 Å². The van der Waals surface area contributed by atoms with Crippen LogP contribution in [0, 0.1) is 0 Å². The third-order valence-electron chi connectivity index (χ3n) is 5.99. The molecule has 1 aliphatic rings. The Morgan fingerprint density at radius 2 is 1.42 bits per heavy atom. The third kappa shape index (κ3) is 8.56. The molecule has 1 atom stereocenters. The van der Waals surface area contributed by atoms with Crippen LogP contribution in [0.2, 0.25) is 0 Å². The Kier molecular flexibility index (Phi) is 11.1. The molecular formula is C27H32N2O9. The fraction of sp³-hybridized carbons (Fsp3) is 0.407. The lowest BCUT2D eigenvalue weighted by molar-refractivity contribution is -0.143. The summed E-state index contributed by atoms with van der Waals surface area (Å²) in [4.78, 5) is 45.6. The van der Waals surface area contributed by atoms with Gasteiger partial charge in [-0.15, -0.1) is 0 Å². The maximum absolute atomic E-state index is 12.1. The summed E-state index contributed by atoms with van der Waals surface area (Å²) in [7, 11) is 0. The van der Waals surface area contributed by atoms with Crippen molar-refractivity contribution in [1.29, 1.82) is 0 Å². The summed E-state index contributed by atoms with van der Waals surface area (Å²) in [6, 6.07) is 15.0. The SMILES string of the molecule is O=C(O)CC[C@H](NC(=O)CCOCCOCCNC(=O)OCC1c2ccccc2-c2ccccc21)C(=O)O. The number of amides is 2. The predicted octanol–water partition coefficient (Wildman–Crippen LogP) is 2.38. The first-order valence-electron chi connectivity index (χ1n) is 12.3. The van der Waals surface area contributed by atoms with Crippen molar-refractivity contribution in [1.82, 2.24) is 10.6 Å². The van der Waals surface area contributed by atoms with Crippen molar-refractivity contribution in [2.24, 2.45) is 0 Å². The maximum Gasteiger partial charge on any atom is 0.407 e. The van der Waals surface area contributed by atoms with Gasteiger partial charge in [0.2, 0.25) is 5.91 Å². The summed E-state index contributed by atoms with van der Waals surface area (Å²) in [5.41, 5.74) is 4.60. The average molecular weight is 529 g/mol. The molecule has 1 aliphatic carbocycles. The Labute approximate surface area is 220 Å². The second-order valence-electron chi connectivity index (χ2n) is 8.62. The Morgan fingerprint density at radius 3 is 2.03 bits per heavy atom. The van der Waals surface area contributed by atoms with Gasteiger partial charge in [0.25, 0.3) is 0 Å². The smallest absolute Gasteiger partial charge is 0.407 e. The predicted molar refractivity (Wildman–Crippen MR) is 136 cm³/mol. The van der Waals surface area contributed by atoms with Gasteiger partial charge in [-0.3, -0.25) is 9.59 Å². The number of hydrogen-bond donors (Lipinski definition) is 4. The number of nitrogens with one attached hydrogen (secondary N) is 2. The Bertz CT molecular complexity index is 1080. The van der Waals surface area contributed by atoms with Gasteiger partial charge < -0.3 is 35.1 Å². The van der Waals surface area contributed by atoms with Gasteiger partial charge >= 0.3 is 18.0 Å². The highest BCUT2D eigenvalue weighted by Gasteiger charge is 2.29. The van der Waals surface area contributed by atoms with Crippen LogP contribution >= 0.6 is 0 Å². The van der Waals surface area contributed by atoms with Crippen LogP contribution in [0.25, 0.3) is 11.1 Å². The lowest BCUT2D eigenvalue weighted by Gasteiger charge is -2.14. The van der Waals surface area contributed by atoms with Crippen molar-refractivity contribution in [3.63, 3.8) is 0 Å². The number of hydrogen-bond acceptors (Lipinski definition) is 7. The van der Waals surface area contributed by atoms with E-state index in [0.29, 0.717) is 0 Å². The number of carboxylic acid groups (broad SMARTS) is 2. The van der Waals surface area contributed by atoms with Crippen LogP contribution < -0.4 is 10.6 Å². The molecule has 0 fully saturated rings. The first-order chi connectivity index (χ1) is 18.4. The summed E-state index contributed by atoms with van der Waals surface area (Å²) >= 11 is 0. The molecule has 0 saturated carbocycles. The van der Waals surface area contributed by atoms with Gasteiger partial charge in [-0.25, -0.2) is 9.59 Å². The molecule has 3 rings (SSSR count). The van der Waals surface area contributed by atoms with Crippen LogP contribution in [-0.4, -0.2) is 79.8 Å². The zero-order valence-electron chi connectivity index (χ0n) is 20.9. The highest BCUT2D eigenvalue weighted by atomic mass is 16.6. The van der Waals surface area contributed by atoms with Crippen LogP contribution in [-0.2, 0) is 28.6 Å². The van der Waals surface area contributed by atoms with E-state index in [1.54, 1.807) is 0 Å². The molecular weight excluding hydrogens is 496 g/mol. The molecule has 0 radical (unpaired) electrons. The molecule has 204 valence electrons. The van der Waals surface area contributed by atoms with Crippen molar-refractivity contribution in [2.75, 3.05) is 39.6 Å². The normalized spacial score (nSPS) is 12.7. The summed E-state index contributed by atoms with van der Waals surface area (Å²) in [6.45, 7) is 1.24. The molecule has 0 saturated heterocycles. The number of fused-ring (bicyclic) bond motifs is 3. The lowest BCUT2D eigenvalue weighted by atomic mass is 9.98. The number of benzene rings is 2. The van der Waals surface area contributed by atoms with Crippen LogP contribution in [0.3, 0.4) is 0 Å². The van der Waals surface area contributed by atoms with E-state index in [2.05, 4.69) is 34.9 Å². The van der Waals surface area contributed by atoms with Crippen LogP contribution in [0.1, 0.15) is 36.3 Å². The second-order valence-corrected chi connectivity index (χ2v) is 8.62. The molecule has 11 heteroatoms. The number of alkyl carbamates (subject to hydrolysis) is 1. The molecule has 0 aromatic heterocycles. The molecule has 2 aromatic carbocycles. The van der Waals surface area contributed by atoms with Gasteiger partial charge in [0.1, 0.15) is 12.6 Å². The Balaban J connectivity index is 1.23. The molecule has 0 bridgehead atoms. The number of ether oxygens (including phenoxy) is 3. The van der Waals surface area contributed by atoms with E-state index >= 15 is 0 Å². The Morgan fingerprint density at radius 1 is 0.816 bits per heavy atom. The lowest BCUT2D eigenvalue weighted by Crippen LogP contribution is -2.41. The summed E-state index contributed by atoms with van der Waals surface area (Å²) in [6.07, 6.45) is -1.16. The third-order valence-corrected chi connectivity index (χ3v) is 5.99. The Hall–Kier alpha value is -3.96. The van der Waals surface area contributed by atoms with Crippen molar-refractivity contribution >= 4 is 23.9 Å². The summed E-state index contributed by atoms with van der Waals surface area (Å²) in [5.74, 6) is -2.98. The number of carbonyl (C=O) groups excluding carboxylic acids is 2. The number of carbonyl (C=O) groups is 4. The highest BCUT2D eigenvalue weighted by molar-refractivity contribution is 5.84. The largest absolute Gasteiger partial charge is 0.481 e. The van der Waals surface area contributed by atoms with Gasteiger partial charge in [0.15, 0.2) is 0 Å². The summed E-state index contributed by atoms with van der Waals surface area (Å²) < 4.78 is 16.1. The van der Waals surface area contributed by atoms with E-state index in [1.807, 2.05) is 24.3 Å². The van der Waals surface area contributed by atoms with Gasteiger partial charge in [-0.2, -0.15) is 0 Å². The average Bonchev–Trinajstić information content (AvgIpc) is 3.22. The minimum Gasteiger partial charge on any atom is -0.481 e. The van der Waals surface area contributed by atoms with E-state index in [1.165, 1.54) is 0 Å². The van der Waals surface area contributed by atoms with Crippen molar-refractivity contribution in [2.45, 2.75) is 31.2 Å². The minimum atomic E-state index is -1.29. The van der Waals surface area contributed by atoms with E-state index < -0.39 is 30.0 Å². The van der Waals surface area contributed by atoms with Gasteiger partial charge in [-0.1, -0.05) is 48.5 Å². The molecule has 38 heavy (non-hydrogen) atoms. The molecule has 0 unspecified atom stereocenters. The second kappa shape index (κ2) is 14.7. The van der Waals surface area contributed by atoms with E-state index in [9.17, 15) is 19.2 Å². The maximum atomic E-state index is 12.1. The fourth-order valence-corrected chi connectivity index (χ4v) is 4.15. The number of carboxylic acids is 2. The van der Waals surface area contributed by atoms with Gasteiger partial charge in [0, 0.05) is 25.3 Å². The van der Waals surface area contributed by atoms with Crippen molar-refractivity contribution in [3.05, 3.63) is 59.7 Å². The van der Waals surface area contributed by atoms with Crippen molar-refractivity contribution < 1.29 is 43.6 Å². The van der Waals surface area contributed by atoms with E-state index in [4.69, 9.17) is 24.4 Å².